The Bertz CT molecular complexity index is 209. The van der Waals surface area contributed by atoms with Crippen LogP contribution in [0.15, 0.2) is 24.3 Å². The average molecular weight is 293 g/mol. The normalized spacial score (nSPS) is 11.3. The molecule has 0 aliphatic carbocycles. The zero-order valence-electron chi connectivity index (χ0n) is 4.82. The van der Waals surface area contributed by atoms with Crippen molar-refractivity contribution in [3.05, 3.63) is 33.7 Å². The van der Waals surface area contributed by atoms with E-state index in [0.29, 0.717) is 0 Å². The first-order chi connectivity index (χ1) is 4.70. The standard InChI is InChI=1S/C6H4Cl2FI/c7-10(8)6-3-1-5(9)2-4-6/h1-4H. The second kappa shape index (κ2) is 3.74. The average Bonchev–Trinajstić information content (AvgIpc) is 1.88. The molecule has 0 saturated carbocycles. The van der Waals surface area contributed by atoms with Crippen LogP contribution in [-0.2, 0) is 0 Å². The van der Waals surface area contributed by atoms with E-state index >= 15 is 0 Å². The van der Waals surface area contributed by atoms with Gasteiger partial charge in [0.15, 0.2) is 0 Å². The van der Waals surface area contributed by atoms with Gasteiger partial charge in [-0.25, -0.2) is 0 Å². The molecule has 0 amide bonds. The molecular weight excluding hydrogens is 289 g/mol. The predicted octanol–water partition coefficient (Wildman–Crippen LogP) is 3.81. The van der Waals surface area contributed by atoms with Gasteiger partial charge in [-0.1, -0.05) is 0 Å². The molecule has 0 saturated heterocycles. The minimum absolute atomic E-state index is 0.255. The van der Waals surface area contributed by atoms with E-state index in [1.165, 1.54) is 12.1 Å². The zero-order valence-corrected chi connectivity index (χ0v) is 8.49. The molecule has 0 aliphatic heterocycles. The number of benzene rings is 1. The van der Waals surface area contributed by atoms with E-state index in [1.54, 1.807) is 12.1 Å². The van der Waals surface area contributed by atoms with Crippen LogP contribution in [0.5, 0.6) is 0 Å². The minimum atomic E-state index is -1.93. The summed E-state index contributed by atoms with van der Waals surface area (Å²) >= 11 is -1.93. The fourth-order valence-electron chi connectivity index (χ4n) is 0.525. The molecule has 0 N–H and O–H groups in total. The third kappa shape index (κ3) is 2.25. The topological polar surface area (TPSA) is 0 Å². The number of halogens is 4. The number of rotatable bonds is 1. The van der Waals surface area contributed by atoms with Crippen LogP contribution in [0.1, 0.15) is 0 Å². The third-order valence-electron chi connectivity index (χ3n) is 0.969. The molecule has 56 valence electrons. The molecule has 0 heterocycles. The van der Waals surface area contributed by atoms with Gasteiger partial charge in [-0.05, 0) is 0 Å². The van der Waals surface area contributed by atoms with Gasteiger partial charge in [-0.2, -0.15) is 0 Å². The Morgan fingerprint density at radius 3 is 2.00 bits per heavy atom. The molecular formula is C6H4Cl2FI. The Morgan fingerprint density at radius 1 is 1.10 bits per heavy atom. The Labute approximate surface area is 73.1 Å². The second-order valence-corrected chi connectivity index (χ2v) is 8.82. The fraction of sp³-hybridized carbons (Fsp3) is 0. The summed E-state index contributed by atoms with van der Waals surface area (Å²) in [6.07, 6.45) is 0. The first kappa shape index (κ1) is 8.56. The Kier molecular flexibility index (Phi) is 3.20. The van der Waals surface area contributed by atoms with Crippen molar-refractivity contribution >= 4 is 35.4 Å². The van der Waals surface area contributed by atoms with Crippen molar-refractivity contribution in [1.29, 1.82) is 0 Å². The van der Waals surface area contributed by atoms with Gasteiger partial charge in [-0.15, -0.1) is 0 Å². The van der Waals surface area contributed by atoms with Gasteiger partial charge in [0.1, 0.15) is 0 Å². The molecule has 0 aromatic heterocycles. The van der Waals surface area contributed by atoms with Crippen molar-refractivity contribution in [2.24, 2.45) is 0 Å². The summed E-state index contributed by atoms with van der Waals surface area (Å²) in [5.74, 6) is -0.255. The van der Waals surface area contributed by atoms with E-state index in [2.05, 4.69) is 0 Å². The van der Waals surface area contributed by atoms with E-state index in [4.69, 9.17) is 17.8 Å². The summed E-state index contributed by atoms with van der Waals surface area (Å²) < 4.78 is 13.2. The molecule has 1 aromatic carbocycles. The molecule has 0 unspecified atom stereocenters. The number of hydrogen-bond donors (Lipinski definition) is 0. The van der Waals surface area contributed by atoms with E-state index in [1.807, 2.05) is 0 Å². The van der Waals surface area contributed by atoms with Crippen molar-refractivity contribution in [3.63, 3.8) is 0 Å². The third-order valence-corrected chi connectivity index (χ3v) is 4.84. The van der Waals surface area contributed by atoms with Crippen molar-refractivity contribution in [2.45, 2.75) is 0 Å². The van der Waals surface area contributed by atoms with Gasteiger partial charge in [0.25, 0.3) is 0 Å². The van der Waals surface area contributed by atoms with Crippen LogP contribution in [0.3, 0.4) is 0 Å². The Balaban J connectivity index is 2.89. The van der Waals surface area contributed by atoms with Gasteiger partial charge in [0.05, 0.1) is 0 Å². The van der Waals surface area contributed by atoms with Crippen molar-refractivity contribution in [3.8, 4) is 0 Å². The molecule has 0 nitrogen and oxygen atoms in total. The summed E-state index contributed by atoms with van der Waals surface area (Å²) in [6.45, 7) is 0. The van der Waals surface area contributed by atoms with Crippen LogP contribution in [0.25, 0.3) is 0 Å². The van der Waals surface area contributed by atoms with E-state index in [9.17, 15) is 4.39 Å². The predicted molar refractivity (Wildman–Crippen MR) is 50.8 cm³/mol. The molecule has 0 aliphatic rings. The summed E-state index contributed by atoms with van der Waals surface area (Å²) in [4.78, 5) is 0. The van der Waals surface area contributed by atoms with Crippen LogP contribution >= 0.6 is 35.4 Å². The van der Waals surface area contributed by atoms with Crippen LogP contribution < -0.4 is 0 Å². The molecule has 1 rings (SSSR count). The Hall–Kier alpha value is 0.460. The monoisotopic (exact) mass is 292 g/mol. The fourth-order valence-corrected chi connectivity index (χ4v) is 2.71. The molecule has 0 spiro atoms. The summed E-state index contributed by atoms with van der Waals surface area (Å²) in [5.41, 5.74) is 0. The molecule has 0 fully saturated rings. The first-order valence-corrected chi connectivity index (χ1v) is 9.03. The van der Waals surface area contributed by atoms with E-state index in [0.717, 1.165) is 3.57 Å². The van der Waals surface area contributed by atoms with Gasteiger partial charge >= 0.3 is 73.4 Å². The summed E-state index contributed by atoms with van der Waals surface area (Å²) in [5, 5.41) is 0. The van der Waals surface area contributed by atoms with Gasteiger partial charge < -0.3 is 0 Å². The van der Waals surface area contributed by atoms with Crippen molar-refractivity contribution in [1.82, 2.24) is 0 Å². The molecule has 0 atom stereocenters. The van der Waals surface area contributed by atoms with E-state index < -0.39 is 17.6 Å². The maximum atomic E-state index is 12.3. The first-order valence-electron chi connectivity index (χ1n) is 2.49. The van der Waals surface area contributed by atoms with Crippen molar-refractivity contribution < 1.29 is 4.39 Å². The SMILES string of the molecule is Fc1ccc(I(Cl)Cl)cc1. The zero-order chi connectivity index (χ0) is 7.56. The summed E-state index contributed by atoms with van der Waals surface area (Å²) in [6, 6.07) is 5.98. The summed E-state index contributed by atoms with van der Waals surface area (Å²) in [7, 11) is 11.3. The van der Waals surface area contributed by atoms with Crippen LogP contribution in [-0.4, -0.2) is 0 Å². The maximum absolute atomic E-state index is 12.3. The number of hydrogen-bond acceptors (Lipinski definition) is 0. The second-order valence-electron chi connectivity index (χ2n) is 1.63. The molecule has 10 heavy (non-hydrogen) atoms. The molecule has 1 aromatic rings. The van der Waals surface area contributed by atoms with Crippen LogP contribution in [0, 0.1) is 9.39 Å². The molecule has 0 radical (unpaired) electrons. The van der Waals surface area contributed by atoms with Crippen LogP contribution in [0.2, 0.25) is 0 Å². The van der Waals surface area contributed by atoms with Gasteiger partial charge in [0.2, 0.25) is 0 Å². The van der Waals surface area contributed by atoms with Crippen molar-refractivity contribution in [2.75, 3.05) is 0 Å². The van der Waals surface area contributed by atoms with Gasteiger partial charge in [-0.3, -0.25) is 0 Å². The molecule has 0 bridgehead atoms. The van der Waals surface area contributed by atoms with Crippen LogP contribution in [0.4, 0.5) is 4.39 Å². The van der Waals surface area contributed by atoms with Gasteiger partial charge in [0, 0.05) is 0 Å². The van der Waals surface area contributed by atoms with E-state index in [-0.39, 0.29) is 5.82 Å². The Morgan fingerprint density at radius 2 is 1.60 bits per heavy atom. The quantitative estimate of drug-likeness (QED) is 0.691. The molecule has 4 heteroatoms.